The largest absolute Gasteiger partial charge is 0.384 e. The number of nitrogens with zero attached hydrogens (tertiary/aromatic N) is 1. The van der Waals surface area contributed by atoms with E-state index in [-0.39, 0.29) is 12.6 Å². The van der Waals surface area contributed by atoms with Crippen LogP contribution >= 0.6 is 0 Å². The topological polar surface area (TPSA) is 49.8 Å². The van der Waals surface area contributed by atoms with Crippen LogP contribution in [-0.4, -0.2) is 53.5 Å². The van der Waals surface area contributed by atoms with Gasteiger partial charge >= 0.3 is 0 Å². The number of halogens is 1. The zero-order valence-electron chi connectivity index (χ0n) is 10.0. The van der Waals surface area contributed by atoms with Crippen molar-refractivity contribution in [3.63, 3.8) is 0 Å². The Balaban J connectivity index is 2.48. The molecule has 1 heterocycles. The van der Waals surface area contributed by atoms with Crippen molar-refractivity contribution in [1.82, 2.24) is 4.90 Å². The molecule has 1 saturated heterocycles. The van der Waals surface area contributed by atoms with Gasteiger partial charge in [0.25, 0.3) is 5.91 Å². The van der Waals surface area contributed by atoms with Crippen molar-refractivity contribution in [2.45, 2.75) is 51.7 Å². The predicted molar refractivity (Wildman–Crippen MR) is 57.8 cm³/mol. The molecule has 0 saturated carbocycles. The SMILES string of the molecule is CC(C)OC1CCN(C(=O)[C@H](C)O)C[C@H]1F. The van der Waals surface area contributed by atoms with E-state index in [4.69, 9.17) is 9.84 Å². The average Bonchev–Trinajstić information content (AvgIpc) is 2.19. The fourth-order valence-corrected chi connectivity index (χ4v) is 1.85. The van der Waals surface area contributed by atoms with Gasteiger partial charge in [0.1, 0.15) is 12.3 Å². The lowest BCUT2D eigenvalue weighted by atomic mass is 10.1. The molecule has 1 amide bonds. The first kappa shape index (κ1) is 13.4. The third-order valence-corrected chi connectivity index (χ3v) is 2.60. The highest BCUT2D eigenvalue weighted by atomic mass is 19.1. The van der Waals surface area contributed by atoms with Gasteiger partial charge < -0.3 is 14.7 Å². The number of ether oxygens (including phenoxy) is 1. The van der Waals surface area contributed by atoms with Gasteiger partial charge in [-0.05, 0) is 27.2 Å². The van der Waals surface area contributed by atoms with Crippen molar-refractivity contribution in [2.75, 3.05) is 13.1 Å². The third-order valence-electron chi connectivity index (χ3n) is 2.60. The van der Waals surface area contributed by atoms with Crippen LogP contribution in [0, 0.1) is 0 Å². The van der Waals surface area contributed by atoms with Crippen LogP contribution in [-0.2, 0) is 9.53 Å². The number of amides is 1. The van der Waals surface area contributed by atoms with E-state index in [0.29, 0.717) is 13.0 Å². The number of aliphatic hydroxyl groups is 1. The molecule has 0 aromatic carbocycles. The number of alkyl halides is 1. The van der Waals surface area contributed by atoms with Crippen LogP contribution in [0.2, 0.25) is 0 Å². The number of hydrogen-bond acceptors (Lipinski definition) is 3. The maximum Gasteiger partial charge on any atom is 0.251 e. The number of aliphatic hydroxyl groups excluding tert-OH is 1. The van der Waals surface area contributed by atoms with Crippen LogP contribution in [0.5, 0.6) is 0 Å². The summed E-state index contributed by atoms with van der Waals surface area (Å²) in [6.45, 7) is 5.58. The summed E-state index contributed by atoms with van der Waals surface area (Å²) in [6.07, 6.45) is -2.19. The lowest BCUT2D eigenvalue weighted by Crippen LogP contribution is -2.51. The Morgan fingerprint density at radius 1 is 1.50 bits per heavy atom. The fraction of sp³-hybridized carbons (Fsp3) is 0.909. The minimum Gasteiger partial charge on any atom is -0.384 e. The minimum absolute atomic E-state index is 0.0118. The first-order chi connectivity index (χ1) is 7.41. The van der Waals surface area contributed by atoms with Crippen molar-refractivity contribution < 1.29 is 19.0 Å². The summed E-state index contributed by atoms with van der Waals surface area (Å²) in [7, 11) is 0. The van der Waals surface area contributed by atoms with Crippen LogP contribution in [0.1, 0.15) is 27.2 Å². The number of likely N-dealkylation sites (tertiary alicyclic amines) is 1. The molecule has 16 heavy (non-hydrogen) atoms. The minimum atomic E-state index is -1.17. The summed E-state index contributed by atoms with van der Waals surface area (Å²) in [4.78, 5) is 12.8. The molecule has 0 bridgehead atoms. The molecule has 0 radical (unpaired) electrons. The number of carbonyl (C=O) groups excluding carboxylic acids is 1. The molecule has 1 fully saturated rings. The van der Waals surface area contributed by atoms with Gasteiger partial charge in [-0.2, -0.15) is 0 Å². The van der Waals surface area contributed by atoms with Gasteiger partial charge in [0.2, 0.25) is 0 Å². The molecule has 94 valence electrons. The van der Waals surface area contributed by atoms with Crippen LogP contribution in [0.15, 0.2) is 0 Å². The number of rotatable bonds is 3. The molecular formula is C11H20FNO3. The summed E-state index contributed by atoms with van der Waals surface area (Å²) in [6, 6.07) is 0. The maximum absolute atomic E-state index is 13.7. The highest BCUT2D eigenvalue weighted by Gasteiger charge is 2.33. The Morgan fingerprint density at radius 3 is 2.56 bits per heavy atom. The number of piperidine rings is 1. The summed E-state index contributed by atoms with van der Waals surface area (Å²) < 4.78 is 19.1. The highest BCUT2D eigenvalue weighted by Crippen LogP contribution is 2.19. The number of carbonyl (C=O) groups is 1. The molecule has 5 heteroatoms. The Labute approximate surface area is 95.4 Å². The molecule has 0 spiro atoms. The van der Waals surface area contributed by atoms with Crippen molar-refractivity contribution in [1.29, 1.82) is 0 Å². The molecule has 1 unspecified atom stereocenters. The monoisotopic (exact) mass is 233 g/mol. The molecule has 3 atom stereocenters. The van der Waals surface area contributed by atoms with Gasteiger partial charge in [-0.15, -0.1) is 0 Å². The molecule has 1 aliphatic rings. The summed E-state index contributed by atoms with van der Waals surface area (Å²) in [5.41, 5.74) is 0. The Bertz CT molecular complexity index is 245. The highest BCUT2D eigenvalue weighted by molar-refractivity contribution is 5.80. The lowest BCUT2D eigenvalue weighted by molar-refractivity contribution is -0.146. The lowest BCUT2D eigenvalue weighted by Gasteiger charge is -2.35. The molecule has 4 nitrogen and oxygen atoms in total. The molecule has 0 aliphatic carbocycles. The summed E-state index contributed by atoms with van der Waals surface area (Å²) in [5.74, 6) is -0.411. The molecule has 1 aliphatic heterocycles. The van der Waals surface area contributed by atoms with Gasteiger partial charge in [0, 0.05) is 6.54 Å². The smallest absolute Gasteiger partial charge is 0.251 e. The van der Waals surface area contributed by atoms with Crippen molar-refractivity contribution in [2.24, 2.45) is 0 Å². The average molecular weight is 233 g/mol. The van der Waals surface area contributed by atoms with E-state index >= 15 is 0 Å². The Morgan fingerprint density at radius 2 is 2.12 bits per heavy atom. The molecular weight excluding hydrogens is 213 g/mol. The van der Waals surface area contributed by atoms with E-state index in [2.05, 4.69) is 0 Å². The third kappa shape index (κ3) is 3.42. The second-order valence-corrected chi connectivity index (χ2v) is 4.49. The summed E-state index contributed by atoms with van der Waals surface area (Å²) >= 11 is 0. The first-order valence-electron chi connectivity index (χ1n) is 5.68. The van der Waals surface area contributed by atoms with Gasteiger partial charge in [-0.1, -0.05) is 0 Å². The van der Waals surface area contributed by atoms with E-state index < -0.39 is 24.3 Å². The van der Waals surface area contributed by atoms with Gasteiger partial charge in [-0.25, -0.2) is 4.39 Å². The van der Waals surface area contributed by atoms with Gasteiger partial charge in [0.05, 0.1) is 18.8 Å². The van der Waals surface area contributed by atoms with E-state index in [0.717, 1.165) is 0 Å². The molecule has 1 rings (SSSR count). The van der Waals surface area contributed by atoms with Crippen molar-refractivity contribution >= 4 is 5.91 Å². The van der Waals surface area contributed by atoms with E-state index in [9.17, 15) is 9.18 Å². The van der Waals surface area contributed by atoms with Crippen LogP contribution < -0.4 is 0 Å². The maximum atomic E-state index is 13.7. The number of hydrogen-bond donors (Lipinski definition) is 1. The van der Waals surface area contributed by atoms with E-state index in [1.54, 1.807) is 0 Å². The molecule has 1 N–H and O–H groups in total. The predicted octanol–water partition coefficient (Wildman–Crippen LogP) is 0.731. The first-order valence-corrected chi connectivity index (χ1v) is 5.68. The second kappa shape index (κ2) is 5.59. The van der Waals surface area contributed by atoms with Crippen molar-refractivity contribution in [3.8, 4) is 0 Å². The molecule has 0 aromatic heterocycles. The Hall–Kier alpha value is -0.680. The van der Waals surface area contributed by atoms with Gasteiger partial charge in [-0.3, -0.25) is 4.79 Å². The van der Waals surface area contributed by atoms with Crippen LogP contribution in [0.3, 0.4) is 0 Å². The standard InChI is InChI=1S/C11H20FNO3/c1-7(2)16-10-4-5-13(6-9(10)12)11(15)8(3)14/h7-10,14H,4-6H2,1-3H3/t8-,9+,10?/m0/s1. The van der Waals surface area contributed by atoms with E-state index in [1.807, 2.05) is 13.8 Å². The van der Waals surface area contributed by atoms with E-state index in [1.165, 1.54) is 11.8 Å². The normalized spacial score (nSPS) is 28.2. The van der Waals surface area contributed by atoms with Crippen LogP contribution in [0.25, 0.3) is 0 Å². The fourth-order valence-electron chi connectivity index (χ4n) is 1.85. The Kier molecular flexibility index (Phi) is 4.68. The zero-order chi connectivity index (χ0) is 12.3. The second-order valence-electron chi connectivity index (χ2n) is 4.49. The zero-order valence-corrected chi connectivity index (χ0v) is 10.0. The quantitative estimate of drug-likeness (QED) is 0.782. The van der Waals surface area contributed by atoms with Crippen molar-refractivity contribution in [3.05, 3.63) is 0 Å². The van der Waals surface area contributed by atoms with Gasteiger partial charge in [0.15, 0.2) is 0 Å². The van der Waals surface area contributed by atoms with Crippen LogP contribution in [0.4, 0.5) is 4.39 Å². The summed E-state index contributed by atoms with van der Waals surface area (Å²) in [5, 5.41) is 9.13. The molecule has 0 aromatic rings.